The highest BCUT2D eigenvalue weighted by atomic mass is 16.7. The Morgan fingerprint density at radius 3 is 2.08 bits per heavy atom. The Morgan fingerprint density at radius 2 is 1.54 bits per heavy atom. The van der Waals surface area contributed by atoms with E-state index in [-0.39, 0.29) is 19.0 Å². The Kier molecular flexibility index (Phi) is 6.83. The summed E-state index contributed by atoms with van der Waals surface area (Å²) in [5.41, 5.74) is 1.31. The molecule has 0 N–H and O–H groups in total. The second kappa shape index (κ2) is 9.08. The minimum Gasteiger partial charge on any atom is -0.460 e. The maximum Gasteiger partial charge on any atom is 0.333 e. The first-order chi connectivity index (χ1) is 12.5. The molecule has 0 radical (unpaired) electrons. The van der Waals surface area contributed by atoms with E-state index in [2.05, 4.69) is 6.58 Å². The largest absolute Gasteiger partial charge is 0.460 e. The maximum absolute atomic E-state index is 13.2. The van der Waals surface area contributed by atoms with Crippen LogP contribution in [0.2, 0.25) is 0 Å². The fraction of sp³-hybridized carbons (Fsp3) is 0.238. The molecule has 0 aliphatic carbocycles. The van der Waals surface area contributed by atoms with Gasteiger partial charge in [-0.1, -0.05) is 67.2 Å². The Morgan fingerprint density at radius 1 is 0.962 bits per heavy atom. The molecule has 2 rings (SSSR count). The van der Waals surface area contributed by atoms with Gasteiger partial charge in [-0.25, -0.2) is 4.79 Å². The lowest BCUT2D eigenvalue weighted by Gasteiger charge is -2.31. The molecule has 0 heterocycles. The molecule has 136 valence electrons. The number of rotatable bonds is 9. The van der Waals surface area contributed by atoms with Crippen LogP contribution >= 0.6 is 0 Å². The summed E-state index contributed by atoms with van der Waals surface area (Å²) < 4.78 is 16.4. The molecule has 1 unspecified atom stereocenters. The highest BCUT2D eigenvalue weighted by molar-refractivity contribution is 6.02. The van der Waals surface area contributed by atoms with Gasteiger partial charge in [0.15, 0.2) is 0 Å². The van der Waals surface area contributed by atoms with E-state index in [0.29, 0.717) is 16.7 Å². The molecular formula is C21H22O5. The monoisotopic (exact) mass is 354 g/mol. The molecule has 1 atom stereocenters. The van der Waals surface area contributed by atoms with Crippen LogP contribution in [0.15, 0.2) is 72.8 Å². The van der Waals surface area contributed by atoms with Gasteiger partial charge in [0.1, 0.15) is 6.61 Å². The van der Waals surface area contributed by atoms with Crippen molar-refractivity contribution in [2.24, 2.45) is 0 Å². The van der Waals surface area contributed by atoms with E-state index in [0.717, 1.165) is 0 Å². The van der Waals surface area contributed by atoms with Crippen molar-refractivity contribution in [3.8, 4) is 0 Å². The van der Waals surface area contributed by atoms with Crippen LogP contribution in [0.3, 0.4) is 0 Å². The lowest BCUT2D eigenvalue weighted by molar-refractivity contribution is -0.200. The predicted molar refractivity (Wildman–Crippen MR) is 97.6 cm³/mol. The minimum atomic E-state index is -1.63. The molecule has 26 heavy (non-hydrogen) atoms. The lowest BCUT2D eigenvalue weighted by atomic mass is 9.96. The molecule has 0 bridgehead atoms. The van der Waals surface area contributed by atoms with Gasteiger partial charge in [0, 0.05) is 23.8 Å². The van der Waals surface area contributed by atoms with E-state index in [1.807, 2.05) is 12.1 Å². The van der Waals surface area contributed by atoms with Crippen LogP contribution in [-0.2, 0) is 24.8 Å². The summed E-state index contributed by atoms with van der Waals surface area (Å²) in [6, 6.07) is 17.7. The molecule has 5 heteroatoms. The second-order valence-corrected chi connectivity index (χ2v) is 5.65. The van der Waals surface area contributed by atoms with Crippen LogP contribution in [0.1, 0.15) is 22.8 Å². The first kappa shape index (κ1) is 19.6. The van der Waals surface area contributed by atoms with Gasteiger partial charge in [-0.15, -0.1) is 0 Å². The number of methoxy groups -OCH3 is 1. The number of hydrogen-bond acceptors (Lipinski definition) is 5. The molecular weight excluding hydrogens is 332 g/mol. The summed E-state index contributed by atoms with van der Waals surface area (Å²) in [6.07, 6.45) is 0. The number of esters is 1. The molecule has 2 aromatic carbocycles. The Balaban J connectivity index is 2.25. The number of benzene rings is 2. The summed E-state index contributed by atoms with van der Waals surface area (Å²) in [4.78, 5) is 24.6. The Hall–Kier alpha value is -2.76. The molecule has 0 fully saturated rings. The fourth-order valence-corrected chi connectivity index (χ4v) is 2.43. The third-order valence-electron chi connectivity index (χ3n) is 3.75. The maximum atomic E-state index is 13.2. The van der Waals surface area contributed by atoms with Crippen LogP contribution in [-0.4, -0.2) is 32.1 Å². The molecule has 0 aromatic heterocycles. The van der Waals surface area contributed by atoms with Crippen molar-refractivity contribution < 1.29 is 23.8 Å². The summed E-state index contributed by atoms with van der Waals surface area (Å²) in [5.74, 6) is -2.47. The molecule has 0 saturated heterocycles. The molecule has 0 aliphatic rings. The van der Waals surface area contributed by atoms with Crippen molar-refractivity contribution in [3.63, 3.8) is 0 Å². The highest BCUT2D eigenvalue weighted by Crippen LogP contribution is 2.31. The smallest absolute Gasteiger partial charge is 0.333 e. The van der Waals surface area contributed by atoms with Gasteiger partial charge in [-0.3, -0.25) is 4.79 Å². The molecule has 2 aromatic rings. The van der Waals surface area contributed by atoms with Gasteiger partial charge in [0.05, 0.1) is 6.61 Å². The summed E-state index contributed by atoms with van der Waals surface area (Å²) in [6.45, 7) is 5.05. The number of carbonyl (C=O) groups is 2. The van der Waals surface area contributed by atoms with Crippen molar-refractivity contribution in [1.82, 2.24) is 0 Å². The SMILES string of the molecule is C=C(C)C(=O)OCCOC(OC)(C(=O)c1ccccc1)c1ccccc1. The van der Waals surface area contributed by atoms with Crippen LogP contribution in [0.4, 0.5) is 0 Å². The van der Waals surface area contributed by atoms with Crippen molar-refractivity contribution in [1.29, 1.82) is 0 Å². The number of hydrogen-bond donors (Lipinski definition) is 0. The molecule has 5 nitrogen and oxygen atoms in total. The molecule has 0 aliphatic heterocycles. The molecule has 0 amide bonds. The van der Waals surface area contributed by atoms with Crippen LogP contribution in [0, 0.1) is 0 Å². The quantitative estimate of drug-likeness (QED) is 0.227. The van der Waals surface area contributed by atoms with Crippen LogP contribution in [0.5, 0.6) is 0 Å². The summed E-state index contributed by atoms with van der Waals surface area (Å²) in [5, 5.41) is 0. The van der Waals surface area contributed by atoms with E-state index in [9.17, 15) is 9.59 Å². The van der Waals surface area contributed by atoms with Gasteiger partial charge in [-0.05, 0) is 6.92 Å². The second-order valence-electron chi connectivity index (χ2n) is 5.65. The van der Waals surface area contributed by atoms with Crippen molar-refractivity contribution in [2.45, 2.75) is 12.7 Å². The van der Waals surface area contributed by atoms with Crippen molar-refractivity contribution >= 4 is 11.8 Å². The van der Waals surface area contributed by atoms with E-state index in [4.69, 9.17) is 14.2 Å². The zero-order valence-corrected chi connectivity index (χ0v) is 14.9. The topological polar surface area (TPSA) is 61.8 Å². The third-order valence-corrected chi connectivity index (χ3v) is 3.75. The number of ether oxygens (including phenoxy) is 3. The lowest BCUT2D eigenvalue weighted by Crippen LogP contribution is -2.41. The molecule has 0 spiro atoms. The number of ketones is 1. The normalized spacial score (nSPS) is 12.8. The average molecular weight is 354 g/mol. The van der Waals surface area contributed by atoms with E-state index >= 15 is 0 Å². The molecule has 0 saturated carbocycles. The third kappa shape index (κ3) is 4.45. The van der Waals surface area contributed by atoms with Gasteiger partial charge in [0.25, 0.3) is 5.79 Å². The Bertz CT molecular complexity index is 754. The summed E-state index contributed by atoms with van der Waals surface area (Å²) >= 11 is 0. The van der Waals surface area contributed by atoms with Gasteiger partial charge < -0.3 is 14.2 Å². The van der Waals surface area contributed by atoms with Crippen LogP contribution < -0.4 is 0 Å². The summed E-state index contributed by atoms with van der Waals surface area (Å²) in [7, 11) is 1.41. The van der Waals surface area contributed by atoms with Gasteiger partial charge in [0.2, 0.25) is 5.78 Å². The first-order valence-electron chi connectivity index (χ1n) is 8.18. The van der Waals surface area contributed by atoms with E-state index in [1.54, 1.807) is 55.5 Å². The standard InChI is InChI=1S/C21H22O5/c1-16(2)20(23)25-14-15-26-21(24-3,18-12-8-5-9-13-18)19(22)17-10-6-4-7-11-17/h4-13H,1,14-15H2,2-3H3. The van der Waals surface area contributed by atoms with Gasteiger partial charge >= 0.3 is 5.97 Å². The first-order valence-corrected chi connectivity index (χ1v) is 8.18. The zero-order valence-electron chi connectivity index (χ0n) is 14.9. The minimum absolute atomic E-state index is 0.0136. The van der Waals surface area contributed by atoms with Crippen LogP contribution in [0.25, 0.3) is 0 Å². The number of Topliss-reactive ketones (excluding diaryl/α,β-unsaturated/α-hetero) is 1. The van der Waals surface area contributed by atoms with E-state index in [1.165, 1.54) is 7.11 Å². The highest BCUT2D eigenvalue weighted by Gasteiger charge is 2.42. The fourth-order valence-electron chi connectivity index (χ4n) is 2.43. The Labute approximate surface area is 153 Å². The van der Waals surface area contributed by atoms with Crippen molar-refractivity contribution in [3.05, 3.63) is 83.9 Å². The zero-order chi connectivity index (χ0) is 19.0. The van der Waals surface area contributed by atoms with Crippen molar-refractivity contribution in [2.75, 3.05) is 20.3 Å². The number of carbonyl (C=O) groups excluding carboxylic acids is 2. The van der Waals surface area contributed by atoms with Gasteiger partial charge in [-0.2, -0.15) is 0 Å². The average Bonchev–Trinajstić information content (AvgIpc) is 2.69. The predicted octanol–water partition coefficient (Wildman–Crippen LogP) is 3.50. The van der Waals surface area contributed by atoms with E-state index < -0.39 is 11.8 Å².